The summed E-state index contributed by atoms with van der Waals surface area (Å²) in [6.07, 6.45) is 1.96. The molecule has 0 amide bonds. The van der Waals surface area contributed by atoms with E-state index in [-0.39, 0.29) is 6.61 Å². The van der Waals surface area contributed by atoms with Crippen molar-refractivity contribution in [3.05, 3.63) is 22.7 Å². The molecule has 2 aromatic rings. The molecule has 6 heteroatoms. The van der Waals surface area contributed by atoms with Crippen LogP contribution in [0.4, 0.5) is 5.82 Å². The van der Waals surface area contributed by atoms with E-state index in [1.165, 1.54) is 11.8 Å². The number of aliphatic hydroxyl groups is 1. The molecule has 0 bridgehead atoms. The van der Waals surface area contributed by atoms with Crippen molar-refractivity contribution in [3.8, 4) is 0 Å². The van der Waals surface area contributed by atoms with Gasteiger partial charge in [-0.1, -0.05) is 15.9 Å². The molecule has 0 aliphatic heterocycles. The molecule has 1 heterocycles. The van der Waals surface area contributed by atoms with E-state index in [2.05, 4.69) is 31.2 Å². The molecule has 0 aliphatic rings. The van der Waals surface area contributed by atoms with Crippen LogP contribution in [0.25, 0.3) is 11.0 Å². The zero-order chi connectivity index (χ0) is 12.3. The Morgan fingerprint density at radius 2 is 2.18 bits per heavy atom. The summed E-state index contributed by atoms with van der Waals surface area (Å²) in [4.78, 5) is 9.03. The Bertz CT molecular complexity index is 535. The van der Waals surface area contributed by atoms with Gasteiger partial charge in [-0.05, 0) is 24.5 Å². The Morgan fingerprint density at radius 3 is 2.88 bits per heavy atom. The number of hydrogen-bond acceptors (Lipinski definition) is 5. The van der Waals surface area contributed by atoms with Gasteiger partial charge in [0.15, 0.2) is 5.82 Å². The summed E-state index contributed by atoms with van der Waals surface area (Å²) in [5.41, 5.74) is 1.70. The summed E-state index contributed by atoms with van der Waals surface area (Å²) >= 11 is 4.95. The standard InChI is InChI=1S/C11H12BrN3OS/c1-17-11-10(13-4-5-16)14-9-6-7(12)2-3-8(9)15-11/h2-3,6,16H,4-5H2,1H3,(H,13,14). The molecular formula is C11H12BrN3OS. The minimum atomic E-state index is 0.0754. The third-order valence-corrected chi connectivity index (χ3v) is 3.36. The highest BCUT2D eigenvalue weighted by atomic mass is 79.9. The van der Waals surface area contributed by atoms with Crippen LogP contribution in [-0.4, -0.2) is 34.5 Å². The third-order valence-electron chi connectivity index (χ3n) is 2.19. The molecule has 0 aliphatic carbocycles. The van der Waals surface area contributed by atoms with Gasteiger partial charge in [0.1, 0.15) is 5.03 Å². The molecule has 0 fully saturated rings. The highest BCUT2D eigenvalue weighted by Gasteiger charge is 2.07. The number of nitrogens with zero attached hydrogens (tertiary/aromatic N) is 2. The number of halogens is 1. The minimum absolute atomic E-state index is 0.0754. The van der Waals surface area contributed by atoms with Gasteiger partial charge >= 0.3 is 0 Å². The molecule has 1 aromatic heterocycles. The molecule has 0 spiro atoms. The minimum Gasteiger partial charge on any atom is -0.395 e. The zero-order valence-electron chi connectivity index (χ0n) is 9.27. The predicted octanol–water partition coefficient (Wildman–Crippen LogP) is 2.52. The molecule has 1 aromatic carbocycles. The van der Waals surface area contributed by atoms with Crippen molar-refractivity contribution in [2.45, 2.75) is 5.03 Å². The van der Waals surface area contributed by atoms with Crippen molar-refractivity contribution < 1.29 is 5.11 Å². The van der Waals surface area contributed by atoms with Gasteiger partial charge in [-0.25, -0.2) is 9.97 Å². The fraction of sp³-hybridized carbons (Fsp3) is 0.273. The third kappa shape index (κ3) is 2.88. The molecule has 2 N–H and O–H groups in total. The van der Waals surface area contributed by atoms with Gasteiger partial charge in [-0.3, -0.25) is 0 Å². The highest BCUT2D eigenvalue weighted by molar-refractivity contribution is 9.10. The van der Waals surface area contributed by atoms with Crippen LogP contribution in [0.2, 0.25) is 0 Å². The SMILES string of the molecule is CSc1nc2ccc(Br)cc2nc1NCCO. The van der Waals surface area contributed by atoms with Crippen molar-refractivity contribution in [1.29, 1.82) is 0 Å². The van der Waals surface area contributed by atoms with Gasteiger partial charge < -0.3 is 10.4 Å². The van der Waals surface area contributed by atoms with Crippen LogP contribution >= 0.6 is 27.7 Å². The summed E-state index contributed by atoms with van der Waals surface area (Å²) in [5.74, 6) is 0.720. The van der Waals surface area contributed by atoms with Crippen molar-refractivity contribution in [2.75, 3.05) is 24.7 Å². The number of rotatable bonds is 4. The second kappa shape index (κ2) is 5.66. The average Bonchev–Trinajstić information content (AvgIpc) is 2.35. The van der Waals surface area contributed by atoms with Crippen molar-refractivity contribution in [3.63, 3.8) is 0 Å². The number of nitrogens with one attached hydrogen (secondary N) is 1. The topological polar surface area (TPSA) is 58.0 Å². The lowest BCUT2D eigenvalue weighted by atomic mass is 10.3. The van der Waals surface area contributed by atoms with E-state index < -0.39 is 0 Å². The number of thioether (sulfide) groups is 1. The molecule has 90 valence electrons. The van der Waals surface area contributed by atoms with Crippen molar-refractivity contribution >= 4 is 44.5 Å². The Labute approximate surface area is 112 Å². The van der Waals surface area contributed by atoms with Crippen LogP contribution in [0.1, 0.15) is 0 Å². The molecule has 4 nitrogen and oxygen atoms in total. The van der Waals surface area contributed by atoms with E-state index in [0.717, 1.165) is 26.3 Å². The van der Waals surface area contributed by atoms with E-state index in [1.807, 2.05) is 24.5 Å². The number of aromatic nitrogens is 2. The lowest BCUT2D eigenvalue weighted by Crippen LogP contribution is -2.08. The summed E-state index contributed by atoms with van der Waals surface area (Å²) in [5, 5.41) is 12.7. The summed E-state index contributed by atoms with van der Waals surface area (Å²) in [7, 11) is 0. The number of anilines is 1. The van der Waals surface area contributed by atoms with E-state index in [4.69, 9.17) is 5.11 Å². The smallest absolute Gasteiger partial charge is 0.159 e. The fourth-order valence-corrected chi connectivity index (χ4v) is 2.29. The van der Waals surface area contributed by atoms with E-state index >= 15 is 0 Å². The first-order chi connectivity index (χ1) is 8.24. The Hall–Kier alpha value is -0.850. The Kier molecular flexibility index (Phi) is 4.20. The second-order valence-electron chi connectivity index (χ2n) is 3.36. The van der Waals surface area contributed by atoms with Gasteiger partial charge in [0, 0.05) is 11.0 Å². The first-order valence-corrected chi connectivity index (χ1v) is 7.12. The first kappa shape index (κ1) is 12.6. The lowest BCUT2D eigenvalue weighted by molar-refractivity contribution is 0.311. The van der Waals surface area contributed by atoms with Crippen LogP contribution < -0.4 is 5.32 Å². The maximum atomic E-state index is 8.82. The van der Waals surface area contributed by atoms with E-state index in [0.29, 0.717) is 6.54 Å². The number of benzene rings is 1. The van der Waals surface area contributed by atoms with Crippen molar-refractivity contribution in [1.82, 2.24) is 9.97 Å². The van der Waals surface area contributed by atoms with Crippen molar-refractivity contribution in [2.24, 2.45) is 0 Å². The zero-order valence-corrected chi connectivity index (χ0v) is 11.7. The quantitative estimate of drug-likeness (QED) is 0.849. The Morgan fingerprint density at radius 1 is 1.35 bits per heavy atom. The average molecular weight is 314 g/mol. The molecule has 17 heavy (non-hydrogen) atoms. The first-order valence-electron chi connectivity index (χ1n) is 5.10. The maximum Gasteiger partial charge on any atom is 0.159 e. The summed E-state index contributed by atoms with van der Waals surface area (Å²) < 4.78 is 0.976. The maximum absolute atomic E-state index is 8.82. The van der Waals surface area contributed by atoms with Crippen LogP contribution in [0, 0.1) is 0 Å². The molecule has 2 rings (SSSR count). The molecule has 0 saturated carbocycles. The molecule has 0 radical (unpaired) electrons. The Balaban J connectivity index is 2.49. The monoisotopic (exact) mass is 313 g/mol. The largest absolute Gasteiger partial charge is 0.395 e. The molecule has 0 saturated heterocycles. The number of aliphatic hydroxyl groups excluding tert-OH is 1. The van der Waals surface area contributed by atoms with Gasteiger partial charge in [-0.15, -0.1) is 11.8 Å². The lowest BCUT2D eigenvalue weighted by Gasteiger charge is -2.09. The van der Waals surface area contributed by atoms with Gasteiger partial charge in [0.25, 0.3) is 0 Å². The molecule has 0 atom stereocenters. The highest BCUT2D eigenvalue weighted by Crippen LogP contribution is 2.25. The molecule has 0 unspecified atom stereocenters. The van der Waals surface area contributed by atoms with Gasteiger partial charge in [0.2, 0.25) is 0 Å². The molecular weight excluding hydrogens is 302 g/mol. The van der Waals surface area contributed by atoms with Crippen LogP contribution in [0.15, 0.2) is 27.7 Å². The predicted molar refractivity (Wildman–Crippen MR) is 74.6 cm³/mol. The van der Waals surface area contributed by atoms with Crippen LogP contribution in [0.5, 0.6) is 0 Å². The summed E-state index contributed by atoms with van der Waals surface area (Å²) in [6.45, 7) is 0.549. The number of fused-ring (bicyclic) bond motifs is 1. The fourth-order valence-electron chi connectivity index (χ4n) is 1.44. The van der Waals surface area contributed by atoms with E-state index in [1.54, 1.807) is 0 Å². The van der Waals surface area contributed by atoms with Gasteiger partial charge in [0.05, 0.1) is 17.6 Å². The van der Waals surface area contributed by atoms with E-state index in [9.17, 15) is 0 Å². The van der Waals surface area contributed by atoms with Crippen LogP contribution in [0.3, 0.4) is 0 Å². The van der Waals surface area contributed by atoms with Gasteiger partial charge in [-0.2, -0.15) is 0 Å². The summed E-state index contributed by atoms with van der Waals surface area (Å²) in [6, 6.07) is 5.81. The number of hydrogen-bond donors (Lipinski definition) is 2. The van der Waals surface area contributed by atoms with Crippen LogP contribution in [-0.2, 0) is 0 Å². The second-order valence-corrected chi connectivity index (χ2v) is 5.08. The normalized spacial score (nSPS) is 10.8.